The maximum atomic E-state index is 12.2. The van der Waals surface area contributed by atoms with Crippen molar-refractivity contribution in [1.29, 1.82) is 0 Å². The zero-order valence-corrected chi connectivity index (χ0v) is 11.9. The second-order valence-corrected chi connectivity index (χ2v) is 5.01. The van der Waals surface area contributed by atoms with Crippen molar-refractivity contribution in [1.82, 2.24) is 20.1 Å². The fourth-order valence-electron chi connectivity index (χ4n) is 1.96. The van der Waals surface area contributed by atoms with E-state index in [1.165, 1.54) is 0 Å². The van der Waals surface area contributed by atoms with Crippen LogP contribution in [0.2, 0.25) is 0 Å². The minimum atomic E-state index is -0.159. The van der Waals surface area contributed by atoms with Crippen molar-refractivity contribution in [2.24, 2.45) is 0 Å². The molecule has 1 aromatic carbocycles. The fraction of sp³-hybridized carbons (Fsp3) is 0.357. The minimum Gasteiger partial charge on any atom is -0.399 e. The maximum Gasteiger partial charge on any atom is 0.252 e. The Kier molecular flexibility index (Phi) is 4.02. The first-order chi connectivity index (χ1) is 9.49. The van der Waals surface area contributed by atoms with E-state index >= 15 is 0 Å². The first-order valence-corrected chi connectivity index (χ1v) is 6.51. The number of benzene rings is 1. The second kappa shape index (κ2) is 5.73. The SMILES string of the molecule is Cc1ccc(N)cc1C(=O)NCc1nncn1C(C)C. The number of hydrogen-bond acceptors (Lipinski definition) is 4. The molecule has 0 atom stereocenters. The Labute approximate surface area is 118 Å². The lowest BCUT2D eigenvalue weighted by Crippen LogP contribution is -2.25. The van der Waals surface area contributed by atoms with Gasteiger partial charge in [0.05, 0.1) is 6.54 Å². The molecule has 6 heteroatoms. The van der Waals surface area contributed by atoms with Crippen LogP contribution in [0.4, 0.5) is 5.69 Å². The number of nitrogens with zero attached hydrogens (tertiary/aromatic N) is 3. The van der Waals surface area contributed by atoms with Gasteiger partial charge in [-0.25, -0.2) is 0 Å². The first-order valence-electron chi connectivity index (χ1n) is 6.51. The predicted molar refractivity (Wildman–Crippen MR) is 77.2 cm³/mol. The van der Waals surface area contributed by atoms with E-state index in [1.54, 1.807) is 18.5 Å². The maximum absolute atomic E-state index is 12.2. The molecule has 1 amide bonds. The van der Waals surface area contributed by atoms with Crippen LogP contribution in [0, 0.1) is 6.92 Å². The third-order valence-corrected chi connectivity index (χ3v) is 3.12. The molecule has 0 unspecified atom stereocenters. The fourth-order valence-corrected chi connectivity index (χ4v) is 1.96. The number of amides is 1. The van der Waals surface area contributed by atoms with E-state index in [1.807, 2.05) is 31.4 Å². The Morgan fingerprint density at radius 2 is 2.20 bits per heavy atom. The number of nitrogens with one attached hydrogen (secondary N) is 1. The van der Waals surface area contributed by atoms with Gasteiger partial charge in [-0.05, 0) is 38.5 Å². The van der Waals surface area contributed by atoms with Crippen molar-refractivity contribution in [3.63, 3.8) is 0 Å². The molecular formula is C14H19N5O. The zero-order chi connectivity index (χ0) is 14.7. The van der Waals surface area contributed by atoms with Crippen LogP contribution in [0.3, 0.4) is 0 Å². The Morgan fingerprint density at radius 1 is 1.45 bits per heavy atom. The van der Waals surface area contributed by atoms with E-state index in [9.17, 15) is 4.79 Å². The van der Waals surface area contributed by atoms with E-state index in [4.69, 9.17) is 5.73 Å². The van der Waals surface area contributed by atoms with Crippen LogP contribution in [-0.4, -0.2) is 20.7 Å². The van der Waals surface area contributed by atoms with E-state index < -0.39 is 0 Å². The summed E-state index contributed by atoms with van der Waals surface area (Å²) in [4.78, 5) is 12.2. The Balaban J connectivity index is 2.09. The van der Waals surface area contributed by atoms with Crippen molar-refractivity contribution < 1.29 is 4.79 Å². The molecule has 20 heavy (non-hydrogen) atoms. The van der Waals surface area contributed by atoms with Gasteiger partial charge in [0.25, 0.3) is 5.91 Å². The summed E-state index contributed by atoms with van der Waals surface area (Å²) in [6.45, 7) is 6.30. The van der Waals surface area contributed by atoms with Crippen molar-refractivity contribution >= 4 is 11.6 Å². The number of rotatable bonds is 4. The molecule has 1 heterocycles. The van der Waals surface area contributed by atoms with Gasteiger partial charge in [0.2, 0.25) is 0 Å². The molecule has 2 aromatic rings. The van der Waals surface area contributed by atoms with Gasteiger partial charge < -0.3 is 15.6 Å². The largest absolute Gasteiger partial charge is 0.399 e. The summed E-state index contributed by atoms with van der Waals surface area (Å²) in [5, 5.41) is 10.7. The van der Waals surface area contributed by atoms with Gasteiger partial charge >= 0.3 is 0 Å². The lowest BCUT2D eigenvalue weighted by atomic mass is 10.1. The van der Waals surface area contributed by atoms with Crippen molar-refractivity contribution in [3.8, 4) is 0 Å². The summed E-state index contributed by atoms with van der Waals surface area (Å²) in [5.74, 6) is 0.572. The molecule has 0 saturated carbocycles. The molecule has 0 saturated heterocycles. The normalized spacial score (nSPS) is 10.8. The minimum absolute atomic E-state index is 0.159. The van der Waals surface area contributed by atoms with Crippen molar-refractivity contribution in [2.45, 2.75) is 33.4 Å². The van der Waals surface area contributed by atoms with Gasteiger partial charge in [0.1, 0.15) is 6.33 Å². The molecule has 0 aliphatic carbocycles. The van der Waals surface area contributed by atoms with E-state index in [2.05, 4.69) is 15.5 Å². The van der Waals surface area contributed by atoms with Crippen LogP contribution in [0.5, 0.6) is 0 Å². The highest BCUT2D eigenvalue weighted by molar-refractivity contribution is 5.96. The van der Waals surface area contributed by atoms with E-state index in [0.29, 0.717) is 17.8 Å². The number of nitrogens with two attached hydrogens (primary N) is 1. The molecule has 1 aromatic heterocycles. The third kappa shape index (κ3) is 2.96. The Hall–Kier alpha value is -2.37. The number of hydrogen-bond donors (Lipinski definition) is 2. The molecule has 3 N–H and O–H groups in total. The van der Waals surface area contributed by atoms with Gasteiger partial charge in [0, 0.05) is 17.3 Å². The molecule has 0 radical (unpaired) electrons. The summed E-state index contributed by atoms with van der Waals surface area (Å²) < 4.78 is 1.92. The van der Waals surface area contributed by atoms with Crippen LogP contribution in [-0.2, 0) is 6.54 Å². The highest BCUT2D eigenvalue weighted by Gasteiger charge is 2.12. The van der Waals surface area contributed by atoms with Crippen LogP contribution in [0.15, 0.2) is 24.5 Å². The van der Waals surface area contributed by atoms with Crippen LogP contribution in [0.25, 0.3) is 0 Å². The van der Waals surface area contributed by atoms with E-state index in [0.717, 1.165) is 11.4 Å². The molecule has 0 fully saturated rings. The van der Waals surface area contributed by atoms with Gasteiger partial charge in [0.15, 0.2) is 5.82 Å². The zero-order valence-electron chi connectivity index (χ0n) is 11.9. The summed E-state index contributed by atoms with van der Waals surface area (Å²) >= 11 is 0. The topological polar surface area (TPSA) is 85.8 Å². The summed E-state index contributed by atoms with van der Waals surface area (Å²) in [7, 11) is 0. The highest BCUT2D eigenvalue weighted by atomic mass is 16.1. The summed E-state index contributed by atoms with van der Waals surface area (Å²) in [6.07, 6.45) is 1.66. The average molecular weight is 273 g/mol. The molecule has 0 spiro atoms. The summed E-state index contributed by atoms with van der Waals surface area (Å²) in [5.41, 5.74) is 7.76. The number of carbonyl (C=O) groups excluding carboxylic acids is 1. The highest BCUT2D eigenvalue weighted by Crippen LogP contribution is 2.13. The monoisotopic (exact) mass is 273 g/mol. The number of carbonyl (C=O) groups is 1. The van der Waals surface area contributed by atoms with Gasteiger partial charge in [-0.1, -0.05) is 6.07 Å². The van der Waals surface area contributed by atoms with Crippen LogP contribution >= 0.6 is 0 Å². The first kappa shape index (κ1) is 14.0. The lowest BCUT2D eigenvalue weighted by Gasteiger charge is -2.11. The van der Waals surface area contributed by atoms with Gasteiger partial charge in [-0.2, -0.15) is 0 Å². The standard InChI is InChI=1S/C14H19N5O/c1-9(2)19-8-17-18-13(19)7-16-14(20)12-6-11(15)5-4-10(12)3/h4-6,8-9H,7,15H2,1-3H3,(H,16,20). The molecule has 0 aliphatic rings. The predicted octanol–water partition coefficient (Wildman–Crippen LogP) is 1.68. The third-order valence-electron chi connectivity index (χ3n) is 3.12. The second-order valence-electron chi connectivity index (χ2n) is 5.01. The van der Waals surface area contributed by atoms with Gasteiger partial charge in [-0.15, -0.1) is 10.2 Å². The number of aryl methyl sites for hydroxylation is 1. The van der Waals surface area contributed by atoms with Crippen molar-refractivity contribution in [3.05, 3.63) is 41.5 Å². The molecular weight excluding hydrogens is 254 g/mol. The number of aromatic nitrogens is 3. The summed E-state index contributed by atoms with van der Waals surface area (Å²) in [6, 6.07) is 5.55. The Morgan fingerprint density at radius 3 is 2.90 bits per heavy atom. The average Bonchev–Trinajstić information content (AvgIpc) is 2.87. The Bertz CT molecular complexity index is 618. The lowest BCUT2D eigenvalue weighted by molar-refractivity contribution is 0.0948. The molecule has 106 valence electrons. The number of anilines is 1. The van der Waals surface area contributed by atoms with Crippen LogP contribution in [0.1, 0.15) is 41.6 Å². The van der Waals surface area contributed by atoms with Gasteiger partial charge in [-0.3, -0.25) is 4.79 Å². The molecule has 0 aliphatic heterocycles. The van der Waals surface area contributed by atoms with Crippen molar-refractivity contribution in [2.75, 3.05) is 5.73 Å². The molecule has 6 nitrogen and oxygen atoms in total. The number of nitrogen functional groups attached to an aromatic ring is 1. The molecule has 0 bridgehead atoms. The molecule has 2 rings (SSSR count). The van der Waals surface area contributed by atoms with Crippen LogP contribution < -0.4 is 11.1 Å². The quantitative estimate of drug-likeness (QED) is 0.830. The van der Waals surface area contributed by atoms with E-state index in [-0.39, 0.29) is 11.9 Å². The smallest absolute Gasteiger partial charge is 0.252 e.